The second kappa shape index (κ2) is 4.46. The molecular formula is C15H17N3O3. The molecular weight excluding hydrogens is 270 g/mol. The smallest absolute Gasteiger partial charge is 0.335 e. The summed E-state index contributed by atoms with van der Waals surface area (Å²) in [6.07, 6.45) is 2.23. The van der Waals surface area contributed by atoms with Crippen LogP contribution in [0.1, 0.15) is 29.2 Å². The minimum Gasteiger partial charge on any atom is -0.478 e. The van der Waals surface area contributed by atoms with Gasteiger partial charge in [0.05, 0.1) is 22.6 Å². The number of imidazole rings is 1. The number of hydrogen-bond donors (Lipinski definition) is 2. The molecule has 3 fully saturated rings. The van der Waals surface area contributed by atoms with Crippen molar-refractivity contribution in [2.45, 2.75) is 18.9 Å². The van der Waals surface area contributed by atoms with Crippen molar-refractivity contribution in [3.05, 3.63) is 34.2 Å². The topological polar surface area (TPSA) is 78.3 Å². The van der Waals surface area contributed by atoms with Crippen LogP contribution in [0.25, 0.3) is 11.0 Å². The lowest BCUT2D eigenvalue weighted by atomic mass is 9.84. The summed E-state index contributed by atoms with van der Waals surface area (Å²) in [4.78, 5) is 28.7. The van der Waals surface area contributed by atoms with Gasteiger partial charge in [-0.15, -0.1) is 0 Å². The first-order valence-corrected chi connectivity index (χ1v) is 7.33. The number of aromatic nitrogens is 2. The first-order chi connectivity index (χ1) is 10.1. The van der Waals surface area contributed by atoms with E-state index in [1.807, 2.05) is 0 Å². The van der Waals surface area contributed by atoms with Crippen LogP contribution in [0.4, 0.5) is 0 Å². The number of H-pyrrole nitrogens is 1. The standard InChI is InChI=1S/C15H17N3O3/c19-14(20)10-1-2-11-12(7-10)18(15(21)16-11)13-8-17-5-3-9(13)4-6-17/h1-2,7,9,13H,3-6,8H2,(H,16,21)(H,19,20). The van der Waals surface area contributed by atoms with E-state index in [9.17, 15) is 9.59 Å². The molecule has 0 aliphatic carbocycles. The molecule has 0 saturated carbocycles. The maximum absolute atomic E-state index is 12.3. The fourth-order valence-corrected chi connectivity index (χ4v) is 3.81. The summed E-state index contributed by atoms with van der Waals surface area (Å²) in [5, 5.41) is 9.15. The molecule has 1 aromatic carbocycles. The van der Waals surface area contributed by atoms with Crippen LogP contribution < -0.4 is 5.69 Å². The lowest BCUT2D eigenvalue weighted by molar-refractivity contribution is 0.0574. The van der Waals surface area contributed by atoms with E-state index in [0.29, 0.717) is 17.0 Å². The van der Waals surface area contributed by atoms with Crippen molar-refractivity contribution in [2.24, 2.45) is 5.92 Å². The third-order valence-electron chi connectivity index (χ3n) is 4.92. The number of aromatic amines is 1. The van der Waals surface area contributed by atoms with Gasteiger partial charge in [0, 0.05) is 6.54 Å². The number of hydrogen-bond acceptors (Lipinski definition) is 3. The molecule has 1 unspecified atom stereocenters. The van der Waals surface area contributed by atoms with E-state index in [0.717, 1.165) is 32.5 Å². The zero-order valence-electron chi connectivity index (χ0n) is 11.6. The van der Waals surface area contributed by atoms with E-state index < -0.39 is 5.97 Å². The number of carbonyl (C=O) groups is 1. The Bertz CT molecular complexity index is 768. The molecule has 3 aliphatic heterocycles. The largest absolute Gasteiger partial charge is 0.478 e. The van der Waals surface area contributed by atoms with Crippen LogP contribution in [0.2, 0.25) is 0 Å². The van der Waals surface area contributed by atoms with Gasteiger partial charge in [0.1, 0.15) is 0 Å². The minimum atomic E-state index is -0.967. The van der Waals surface area contributed by atoms with Crippen molar-refractivity contribution in [1.29, 1.82) is 0 Å². The van der Waals surface area contributed by atoms with Crippen molar-refractivity contribution < 1.29 is 9.90 Å². The molecule has 21 heavy (non-hydrogen) atoms. The predicted molar refractivity (Wildman–Crippen MR) is 77.7 cm³/mol. The van der Waals surface area contributed by atoms with E-state index in [1.54, 1.807) is 16.7 Å². The summed E-state index contributed by atoms with van der Waals surface area (Å²) >= 11 is 0. The monoisotopic (exact) mass is 287 g/mol. The Morgan fingerprint density at radius 3 is 2.67 bits per heavy atom. The third-order valence-corrected chi connectivity index (χ3v) is 4.92. The summed E-state index contributed by atoms with van der Waals surface area (Å²) in [7, 11) is 0. The molecule has 0 spiro atoms. The van der Waals surface area contributed by atoms with E-state index in [2.05, 4.69) is 9.88 Å². The van der Waals surface area contributed by atoms with Crippen molar-refractivity contribution >= 4 is 17.0 Å². The molecule has 1 aromatic heterocycles. The van der Waals surface area contributed by atoms with Crippen LogP contribution in [0.15, 0.2) is 23.0 Å². The molecule has 5 rings (SSSR count). The van der Waals surface area contributed by atoms with Crippen molar-refractivity contribution in [3.8, 4) is 0 Å². The maximum atomic E-state index is 12.3. The van der Waals surface area contributed by atoms with E-state index >= 15 is 0 Å². The lowest BCUT2D eigenvalue weighted by Gasteiger charge is -2.45. The van der Waals surface area contributed by atoms with Crippen molar-refractivity contribution in [1.82, 2.24) is 14.5 Å². The highest BCUT2D eigenvalue weighted by molar-refractivity contribution is 5.92. The number of nitrogens with zero attached hydrogens (tertiary/aromatic N) is 2. The fourth-order valence-electron chi connectivity index (χ4n) is 3.81. The fraction of sp³-hybridized carbons (Fsp3) is 0.467. The van der Waals surface area contributed by atoms with Gasteiger partial charge >= 0.3 is 11.7 Å². The normalized spacial score (nSPS) is 28.1. The summed E-state index contributed by atoms with van der Waals surface area (Å²) < 4.78 is 1.78. The van der Waals surface area contributed by atoms with E-state index in [4.69, 9.17) is 5.11 Å². The second-order valence-corrected chi connectivity index (χ2v) is 6.04. The SMILES string of the molecule is O=C(O)c1ccc2[nH]c(=O)n(C3CN4CCC3CC4)c2c1. The number of piperidine rings is 3. The van der Waals surface area contributed by atoms with Gasteiger partial charge in [0.2, 0.25) is 0 Å². The molecule has 0 radical (unpaired) electrons. The van der Waals surface area contributed by atoms with Gasteiger partial charge in [-0.2, -0.15) is 0 Å². The Morgan fingerprint density at radius 2 is 2.05 bits per heavy atom. The first kappa shape index (κ1) is 12.6. The molecule has 2 bridgehead atoms. The number of fused-ring (bicyclic) bond motifs is 4. The zero-order chi connectivity index (χ0) is 14.6. The molecule has 4 heterocycles. The highest BCUT2D eigenvalue weighted by Gasteiger charge is 2.36. The zero-order valence-corrected chi connectivity index (χ0v) is 11.6. The number of benzene rings is 1. The molecule has 3 aliphatic rings. The van der Waals surface area contributed by atoms with Crippen LogP contribution >= 0.6 is 0 Å². The average molecular weight is 287 g/mol. The van der Waals surface area contributed by atoms with Gasteiger partial charge in [0.15, 0.2) is 0 Å². The van der Waals surface area contributed by atoms with Crippen LogP contribution in [-0.2, 0) is 0 Å². The summed E-state index contributed by atoms with van der Waals surface area (Å²) in [5.74, 6) is -0.453. The number of carboxylic acids is 1. The molecule has 2 aromatic rings. The molecule has 2 N–H and O–H groups in total. The highest BCUT2D eigenvalue weighted by atomic mass is 16.4. The molecule has 6 nitrogen and oxygen atoms in total. The van der Waals surface area contributed by atoms with Crippen molar-refractivity contribution in [2.75, 3.05) is 19.6 Å². The first-order valence-electron chi connectivity index (χ1n) is 7.33. The predicted octanol–water partition coefficient (Wildman–Crippen LogP) is 1.29. The molecule has 3 saturated heterocycles. The summed E-state index contributed by atoms with van der Waals surface area (Å²) in [6.45, 7) is 3.10. The molecule has 1 atom stereocenters. The molecule has 110 valence electrons. The van der Waals surface area contributed by atoms with Gasteiger partial charge in [-0.25, -0.2) is 9.59 Å². The van der Waals surface area contributed by atoms with Crippen molar-refractivity contribution in [3.63, 3.8) is 0 Å². The second-order valence-electron chi connectivity index (χ2n) is 6.04. The Balaban J connectivity index is 1.87. The Hall–Kier alpha value is -2.08. The number of rotatable bonds is 2. The Kier molecular flexibility index (Phi) is 2.68. The van der Waals surface area contributed by atoms with Gasteiger partial charge in [-0.3, -0.25) is 4.57 Å². The quantitative estimate of drug-likeness (QED) is 0.872. The summed E-state index contributed by atoms with van der Waals surface area (Å²) in [5.41, 5.74) is 1.50. The minimum absolute atomic E-state index is 0.133. The van der Waals surface area contributed by atoms with Crippen LogP contribution in [0.3, 0.4) is 0 Å². The number of carboxylic acid groups (broad SMARTS) is 1. The average Bonchev–Trinajstić information content (AvgIpc) is 2.83. The maximum Gasteiger partial charge on any atom is 0.335 e. The number of nitrogens with one attached hydrogen (secondary N) is 1. The highest BCUT2D eigenvalue weighted by Crippen LogP contribution is 2.36. The Labute approximate surface area is 121 Å². The number of aromatic carboxylic acids is 1. The van der Waals surface area contributed by atoms with Gasteiger partial charge in [-0.1, -0.05) is 0 Å². The van der Waals surface area contributed by atoms with Crippen LogP contribution in [0.5, 0.6) is 0 Å². The van der Waals surface area contributed by atoms with Crippen LogP contribution in [-0.4, -0.2) is 45.2 Å². The van der Waals surface area contributed by atoms with Gasteiger partial charge < -0.3 is 15.0 Å². The van der Waals surface area contributed by atoms with Gasteiger partial charge in [0.25, 0.3) is 0 Å². The lowest BCUT2D eigenvalue weighted by Crippen LogP contribution is -2.49. The molecule has 0 amide bonds. The van der Waals surface area contributed by atoms with E-state index in [-0.39, 0.29) is 17.3 Å². The van der Waals surface area contributed by atoms with E-state index in [1.165, 1.54) is 6.07 Å². The summed E-state index contributed by atoms with van der Waals surface area (Å²) in [6, 6.07) is 4.96. The third kappa shape index (κ3) is 1.90. The van der Waals surface area contributed by atoms with Gasteiger partial charge in [-0.05, 0) is 50.0 Å². The van der Waals surface area contributed by atoms with Crippen LogP contribution in [0, 0.1) is 5.92 Å². The molecule has 6 heteroatoms. The Morgan fingerprint density at radius 1 is 1.29 bits per heavy atom.